The molecule has 0 heterocycles. The Bertz CT molecular complexity index is 1890. The van der Waals surface area contributed by atoms with Crippen LogP contribution in [0.15, 0.2) is 0 Å². The van der Waals surface area contributed by atoms with Crippen molar-refractivity contribution in [3.63, 3.8) is 0 Å². The minimum absolute atomic E-state index is 0.108. The van der Waals surface area contributed by atoms with Crippen LogP contribution in [0.3, 0.4) is 0 Å². The van der Waals surface area contributed by atoms with Gasteiger partial charge >= 0.3 is 39.5 Å². The molecule has 0 aromatic heterocycles. The van der Waals surface area contributed by atoms with Gasteiger partial charge in [0, 0.05) is 25.7 Å². The number of aliphatic hydroxyl groups excluding tert-OH is 1. The largest absolute Gasteiger partial charge is 0.472 e. The summed E-state index contributed by atoms with van der Waals surface area (Å²) in [5.74, 6) is -1.33. The summed E-state index contributed by atoms with van der Waals surface area (Å²) < 4.78 is 68.6. The Kier molecular flexibility index (Phi) is 71.6. The molecule has 0 saturated heterocycles. The number of phosphoric ester groups is 2. The van der Waals surface area contributed by atoms with Gasteiger partial charge in [0.15, 0.2) is 12.2 Å². The third-order valence-corrected chi connectivity index (χ3v) is 20.7. The fourth-order valence-electron chi connectivity index (χ4n) is 12.4. The zero-order valence-corrected chi connectivity index (χ0v) is 66.4. The predicted octanol–water partition coefficient (Wildman–Crippen LogP) is 24.0. The number of aliphatic hydroxyl groups is 1. The molecule has 0 spiro atoms. The maximum Gasteiger partial charge on any atom is 0.472 e. The average Bonchev–Trinajstić information content (AvgIpc) is 1.02. The van der Waals surface area contributed by atoms with Crippen LogP contribution in [0.25, 0.3) is 0 Å². The van der Waals surface area contributed by atoms with Gasteiger partial charge in [-0.05, 0) is 31.6 Å². The third-order valence-electron chi connectivity index (χ3n) is 18.8. The predicted molar refractivity (Wildman–Crippen MR) is 405 cm³/mol. The van der Waals surface area contributed by atoms with Crippen molar-refractivity contribution in [2.45, 2.75) is 445 Å². The van der Waals surface area contributed by atoms with Gasteiger partial charge in [0.25, 0.3) is 0 Å². The van der Waals surface area contributed by atoms with E-state index >= 15 is 0 Å². The minimum Gasteiger partial charge on any atom is -0.462 e. The van der Waals surface area contributed by atoms with Crippen LogP contribution in [0.2, 0.25) is 0 Å². The number of hydrogen-bond donors (Lipinski definition) is 3. The second-order valence-electron chi connectivity index (χ2n) is 29.3. The van der Waals surface area contributed by atoms with Crippen LogP contribution in [-0.2, 0) is 65.4 Å². The molecule has 0 rings (SSSR count). The van der Waals surface area contributed by atoms with Crippen molar-refractivity contribution >= 4 is 39.5 Å². The molecule has 5 atom stereocenters. The molecule has 0 aromatic carbocycles. The molecule has 0 bridgehead atoms. The molecule has 3 N–H and O–H groups in total. The van der Waals surface area contributed by atoms with E-state index in [0.29, 0.717) is 25.7 Å². The second kappa shape index (κ2) is 73.0. The van der Waals surface area contributed by atoms with Gasteiger partial charge in [0.2, 0.25) is 0 Å². The molecule has 0 aromatic rings. The Morgan fingerprint density at radius 1 is 0.273 bits per heavy atom. The highest BCUT2D eigenvalue weighted by atomic mass is 31.2. The van der Waals surface area contributed by atoms with Crippen LogP contribution >= 0.6 is 15.6 Å². The van der Waals surface area contributed by atoms with Crippen LogP contribution in [0.5, 0.6) is 0 Å². The summed E-state index contributed by atoms with van der Waals surface area (Å²) in [4.78, 5) is 72.9. The summed E-state index contributed by atoms with van der Waals surface area (Å²) in [5, 5.41) is 10.6. The van der Waals surface area contributed by atoms with Gasteiger partial charge in [-0.2, -0.15) is 0 Å². The molecule has 0 aliphatic heterocycles. The third kappa shape index (κ3) is 74.1. The van der Waals surface area contributed by atoms with Gasteiger partial charge in [-0.1, -0.05) is 375 Å². The Balaban J connectivity index is 5.20. The molecule has 0 fully saturated rings. The number of rotatable bonds is 80. The fourth-order valence-corrected chi connectivity index (χ4v) is 14.0. The standard InChI is InChI=1S/C80H156O17P2/c1-6-9-12-15-18-21-23-25-27-28-29-30-31-32-33-35-41-46-51-56-61-66-80(85)97-76(70-91-78(83)64-59-54-49-44-39-37-36-38-43-47-52-57-62-73(4)5)72-95-99(88,89)93-68-74(81)67-92-98(86,87)94-71-75(69-90-77(82)63-58-53-48-42-20-17-14-11-8-3)96-79(84)65-60-55-50-45-40-34-26-24-22-19-16-13-10-7-2/h73-76,81H,6-72H2,1-5H3,(H,86,87)(H,88,89)/t74-,75+,76+/m0/s1. The Morgan fingerprint density at radius 3 is 0.687 bits per heavy atom. The first kappa shape index (κ1) is 97.1. The van der Waals surface area contributed by atoms with Crippen molar-refractivity contribution < 1.29 is 80.2 Å². The molecule has 19 heteroatoms. The number of carbonyl (C=O) groups excluding carboxylic acids is 4. The van der Waals surface area contributed by atoms with Gasteiger partial charge in [-0.15, -0.1) is 0 Å². The first-order valence-corrected chi connectivity index (χ1v) is 44.6. The van der Waals surface area contributed by atoms with E-state index in [9.17, 15) is 43.2 Å². The van der Waals surface area contributed by atoms with Crippen molar-refractivity contribution in [1.82, 2.24) is 0 Å². The first-order valence-electron chi connectivity index (χ1n) is 41.6. The second-order valence-corrected chi connectivity index (χ2v) is 32.2. The quantitative estimate of drug-likeness (QED) is 0.0222. The maximum atomic E-state index is 13.1. The van der Waals surface area contributed by atoms with E-state index in [1.807, 2.05) is 0 Å². The lowest BCUT2D eigenvalue weighted by molar-refractivity contribution is -0.161. The molecule has 0 aliphatic rings. The van der Waals surface area contributed by atoms with Crippen molar-refractivity contribution in [3.8, 4) is 0 Å². The van der Waals surface area contributed by atoms with E-state index in [0.717, 1.165) is 95.8 Å². The molecular weight excluding hydrogens is 1290 g/mol. The maximum absolute atomic E-state index is 13.1. The molecule has 0 aliphatic carbocycles. The lowest BCUT2D eigenvalue weighted by Crippen LogP contribution is -2.30. The SMILES string of the molecule is CCCCCCCCCCCCCCCCCCCCCCCC(=O)O[C@H](COC(=O)CCCCCCCCCCCCCCC(C)C)COP(=O)(O)OC[C@@H](O)COP(=O)(O)OC[C@@H](COC(=O)CCCCCCCCCCC)OC(=O)CCCCCCCCCCCCCCCC. The summed E-state index contributed by atoms with van der Waals surface area (Å²) in [5.41, 5.74) is 0. The monoisotopic (exact) mass is 1450 g/mol. The van der Waals surface area contributed by atoms with E-state index in [-0.39, 0.29) is 25.7 Å². The van der Waals surface area contributed by atoms with Gasteiger partial charge in [-0.3, -0.25) is 37.3 Å². The normalized spacial score (nSPS) is 13.9. The van der Waals surface area contributed by atoms with Crippen LogP contribution in [0.1, 0.15) is 426 Å². The molecule has 2 unspecified atom stereocenters. The van der Waals surface area contributed by atoms with E-state index in [1.165, 1.54) is 250 Å². The van der Waals surface area contributed by atoms with Gasteiger partial charge in [0.1, 0.15) is 19.3 Å². The van der Waals surface area contributed by atoms with Crippen LogP contribution in [-0.4, -0.2) is 96.7 Å². The number of unbranched alkanes of at least 4 members (excludes halogenated alkanes) is 52. The highest BCUT2D eigenvalue weighted by Gasteiger charge is 2.30. The highest BCUT2D eigenvalue weighted by molar-refractivity contribution is 7.47. The molecule has 17 nitrogen and oxygen atoms in total. The van der Waals surface area contributed by atoms with Crippen LogP contribution < -0.4 is 0 Å². The molecule has 0 saturated carbocycles. The smallest absolute Gasteiger partial charge is 0.462 e. The average molecular weight is 1450 g/mol. The first-order chi connectivity index (χ1) is 48.0. The molecule has 0 amide bonds. The summed E-state index contributed by atoms with van der Waals surface area (Å²) in [6, 6.07) is 0. The van der Waals surface area contributed by atoms with E-state index in [4.69, 9.17) is 37.0 Å². The highest BCUT2D eigenvalue weighted by Crippen LogP contribution is 2.45. The van der Waals surface area contributed by atoms with Gasteiger partial charge in [-0.25, -0.2) is 9.13 Å². The van der Waals surface area contributed by atoms with Crippen molar-refractivity contribution in [1.29, 1.82) is 0 Å². The molecule has 0 radical (unpaired) electrons. The fraction of sp³-hybridized carbons (Fsp3) is 0.950. The number of hydrogen-bond acceptors (Lipinski definition) is 15. The number of phosphoric acid groups is 2. The number of esters is 4. The van der Waals surface area contributed by atoms with Crippen molar-refractivity contribution in [2.75, 3.05) is 39.6 Å². The van der Waals surface area contributed by atoms with E-state index in [2.05, 4.69) is 34.6 Å². The molecule has 99 heavy (non-hydrogen) atoms. The zero-order valence-electron chi connectivity index (χ0n) is 64.6. The Hall–Kier alpha value is -1.94. The van der Waals surface area contributed by atoms with Crippen LogP contribution in [0, 0.1) is 5.92 Å². The lowest BCUT2D eigenvalue weighted by atomic mass is 10.0. The van der Waals surface area contributed by atoms with Gasteiger partial charge in [0.05, 0.1) is 26.4 Å². The van der Waals surface area contributed by atoms with E-state index < -0.39 is 97.5 Å². The Morgan fingerprint density at radius 2 is 0.465 bits per heavy atom. The summed E-state index contributed by atoms with van der Waals surface area (Å²) >= 11 is 0. The zero-order chi connectivity index (χ0) is 72.7. The number of ether oxygens (including phenoxy) is 4. The molecular formula is C80H156O17P2. The minimum atomic E-state index is -4.96. The summed E-state index contributed by atoms with van der Waals surface area (Å²) in [7, 11) is -9.91. The van der Waals surface area contributed by atoms with Crippen molar-refractivity contribution in [3.05, 3.63) is 0 Å². The molecule has 588 valence electrons. The summed E-state index contributed by atoms with van der Waals surface area (Å²) in [6.45, 7) is 7.32. The van der Waals surface area contributed by atoms with E-state index in [1.54, 1.807) is 0 Å². The summed E-state index contributed by atoms with van der Waals surface area (Å²) in [6.07, 6.45) is 63.8. The lowest BCUT2D eigenvalue weighted by Gasteiger charge is -2.21. The number of carbonyl (C=O) groups is 4. The van der Waals surface area contributed by atoms with Crippen molar-refractivity contribution in [2.24, 2.45) is 5.92 Å². The van der Waals surface area contributed by atoms with Gasteiger partial charge < -0.3 is 33.8 Å². The Labute approximate surface area is 607 Å². The topological polar surface area (TPSA) is 237 Å². The van der Waals surface area contributed by atoms with Crippen LogP contribution in [0.4, 0.5) is 0 Å².